The number of hydrogen-bond acceptors (Lipinski definition) is 3. The van der Waals surface area contributed by atoms with Crippen molar-refractivity contribution in [3.8, 4) is 0 Å². The van der Waals surface area contributed by atoms with Gasteiger partial charge in [-0.15, -0.1) is 24.0 Å². The van der Waals surface area contributed by atoms with Gasteiger partial charge in [0.2, 0.25) is 5.91 Å². The number of carbonyl (C=O) groups excluding carboxylic acids is 1. The molecule has 1 heterocycles. The highest BCUT2D eigenvalue weighted by atomic mass is 127. The average Bonchev–Trinajstić information content (AvgIpc) is 2.64. The Hall–Kier alpha value is -1.35. The molecule has 0 radical (unpaired) electrons. The van der Waals surface area contributed by atoms with Crippen molar-refractivity contribution < 1.29 is 9.53 Å². The lowest BCUT2D eigenvalue weighted by molar-refractivity contribution is -0.127. The molecule has 1 aromatic rings. The highest BCUT2D eigenvalue weighted by molar-refractivity contribution is 14.0. The van der Waals surface area contributed by atoms with E-state index in [9.17, 15) is 4.79 Å². The zero-order valence-corrected chi connectivity index (χ0v) is 19.2. The van der Waals surface area contributed by atoms with Gasteiger partial charge in [0.15, 0.2) is 5.96 Å². The monoisotopic (exact) mass is 488 g/mol. The third-order valence-electron chi connectivity index (χ3n) is 4.58. The molecule has 1 aliphatic rings. The van der Waals surface area contributed by atoms with Crippen LogP contribution < -0.4 is 5.32 Å². The number of guanidine groups is 1. The Kier molecular flexibility index (Phi) is 10.7. The molecule has 7 heteroatoms. The minimum absolute atomic E-state index is 0. The molecule has 1 fully saturated rings. The fraction of sp³-hybridized carbons (Fsp3) is 0.600. The number of aliphatic imine (C=N–C) groups is 1. The van der Waals surface area contributed by atoms with Crippen LogP contribution in [0.4, 0.5) is 0 Å². The van der Waals surface area contributed by atoms with E-state index < -0.39 is 0 Å². The first-order valence-corrected chi connectivity index (χ1v) is 9.43. The number of aryl methyl sites for hydroxylation is 1. The Bertz CT molecular complexity index is 622. The number of morpholine rings is 1. The van der Waals surface area contributed by atoms with Crippen molar-refractivity contribution in [1.82, 2.24) is 15.1 Å². The van der Waals surface area contributed by atoms with Crippen molar-refractivity contribution in [3.63, 3.8) is 0 Å². The van der Waals surface area contributed by atoms with E-state index in [1.54, 1.807) is 19.0 Å². The Morgan fingerprint density at radius 3 is 2.78 bits per heavy atom. The molecule has 1 unspecified atom stereocenters. The molecule has 0 bridgehead atoms. The van der Waals surface area contributed by atoms with Crippen LogP contribution in [0.3, 0.4) is 0 Å². The summed E-state index contributed by atoms with van der Waals surface area (Å²) in [5, 5.41) is 3.42. The summed E-state index contributed by atoms with van der Waals surface area (Å²) < 4.78 is 6.02. The van der Waals surface area contributed by atoms with E-state index in [2.05, 4.69) is 47.3 Å². The van der Waals surface area contributed by atoms with Crippen LogP contribution in [0, 0.1) is 6.92 Å². The van der Waals surface area contributed by atoms with Gasteiger partial charge in [-0.1, -0.05) is 37.6 Å². The van der Waals surface area contributed by atoms with Crippen molar-refractivity contribution in [2.45, 2.75) is 32.8 Å². The second kappa shape index (κ2) is 12.2. The van der Waals surface area contributed by atoms with Crippen LogP contribution in [0.2, 0.25) is 0 Å². The maximum Gasteiger partial charge on any atom is 0.243 e. The summed E-state index contributed by atoms with van der Waals surface area (Å²) in [4.78, 5) is 20.3. The quantitative estimate of drug-likeness (QED) is 0.290. The summed E-state index contributed by atoms with van der Waals surface area (Å²) in [7, 11) is 3.51. The van der Waals surface area contributed by atoms with Crippen LogP contribution in [0.25, 0.3) is 0 Å². The topological polar surface area (TPSA) is 57.2 Å². The van der Waals surface area contributed by atoms with Gasteiger partial charge in [0.1, 0.15) is 12.6 Å². The molecule has 6 nitrogen and oxygen atoms in total. The van der Waals surface area contributed by atoms with Crippen LogP contribution in [0.15, 0.2) is 29.3 Å². The van der Waals surface area contributed by atoms with Crippen LogP contribution in [0.5, 0.6) is 0 Å². The number of ether oxygens (including phenoxy) is 1. The zero-order chi connectivity index (χ0) is 18.9. The molecule has 1 atom stereocenters. The molecule has 1 saturated heterocycles. The zero-order valence-electron chi connectivity index (χ0n) is 16.9. The Morgan fingerprint density at radius 2 is 2.11 bits per heavy atom. The van der Waals surface area contributed by atoms with E-state index in [0.29, 0.717) is 6.61 Å². The maximum absolute atomic E-state index is 11.9. The Balaban J connectivity index is 0.00000364. The fourth-order valence-corrected chi connectivity index (χ4v) is 2.91. The number of unbranched alkanes of at least 4 members (excludes halogenated alkanes) is 1. The molecule has 0 aliphatic carbocycles. The van der Waals surface area contributed by atoms with E-state index in [-0.39, 0.29) is 42.5 Å². The lowest BCUT2D eigenvalue weighted by atomic mass is 10.0. The van der Waals surface area contributed by atoms with Gasteiger partial charge >= 0.3 is 0 Å². The lowest BCUT2D eigenvalue weighted by Crippen LogP contribution is -2.48. The van der Waals surface area contributed by atoms with Gasteiger partial charge in [-0.2, -0.15) is 0 Å². The summed E-state index contributed by atoms with van der Waals surface area (Å²) in [6.45, 7) is 7.45. The number of carbonyl (C=O) groups is 1. The van der Waals surface area contributed by atoms with Gasteiger partial charge in [-0.05, 0) is 24.5 Å². The average molecular weight is 488 g/mol. The van der Waals surface area contributed by atoms with Crippen LogP contribution in [0.1, 0.15) is 37.0 Å². The summed E-state index contributed by atoms with van der Waals surface area (Å²) in [6, 6.07) is 8.34. The third kappa shape index (κ3) is 7.29. The standard InChI is InChI=1S/C20H32N4O2.HI/c1-5-6-11-21-20(22-14-19(25)23(3)4)24-12-13-26-18(15-24)17-10-8-7-9-16(17)2;/h7-10,18H,5-6,11-15H2,1-4H3,(H,21,22);1H. The number of nitrogens with zero attached hydrogens (tertiary/aromatic N) is 3. The second-order valence-corrected chi connectivity index (χ2v) is 6.87. The van der Waals surface area contributed by atoms with E-state index in [1.807, 2.05) is 6.07 Å². The molecule has 152 valence electrons. The molecule has 1 aliphatic heterocycles. The van der Waals surface area contributed by atoms with Gasteiger partial charge in [-0.25, -0.2) is 4.99 Å². The number of rotatable bonds is 6. The SMILES string of the molecule is CCCCNC(=NCC(=O)N(C)C)N1CCOC(c2ccccc2C)C1.I. The molecule has 0 saturated carbocycles. The Labute approximate surface area is 180 Å². The van der Waals surface area contributed by atoms with Crippen molar-refractivity contribution in [1.29, 1.82) is 0 Å². The van der Waals surface area contributed by atoms with Crippen molar-refractivity contribution in [3.05, 3.63) is 35.4 Å². The maximum atomic E-state index is 11.9. The van der Waals surface area contributed by atoms with Gasteiger partial charge < -0.3 is 19.9 Å². The van der Waals surface area contributed by atoms with Crippen molar-refractivity contribution in [2.24, 2.45) is 4.99 Å². The number of benzene rings is 1. The smallest absolute Gasteiger partial charge is 0.243 e. The van der Waals surface area contributed by atoms with Gasteiger partial charge in [-0.3, -0.25) is 4.79 Å². The minimum atomic E-state index is 0. The lowest BCUT2D eigenvalue weighted by Gasteiger charge is -2.36. The first kappa shape index (κ1) is 23.7. The second-order valence-electron chi connectivity index (χ2n) is 6.87. The number of hydrogen-bond donors (Lipinski definition) is 1. The van der Waals surface area contributed by atoms with Crippen molar-refractivity contribution in [2.75, 3.05) is 46.9 Å². The molecule has 0 spiro atoms. The van der Waals surface area contributed by atoms with Crippen LogP contribution >= 0.6 is 24.0 Å². The van der Waals surface area contributed by atoms with Crippen molar-refractivity contribution >= 4 is 35.8 Å². The summed E-state index contributed by atoms with van der Waals surface area (Å²) >= 11 is 0. The van der Waals surface area contributed by atoms with Gasteiger partial charge in [0, 0.05) is 27.2 Å². The molecule has 1 amide bonds. The van der Waals surface area contributed by atoms with Gasteiger partial charge in [0.05, 0.1) is 13.2 Å². The molecule has 27 heavy (non-hydrogen) atoms. The van der Waals surface area contributed by atoms with E-state index >= 15 is 0 Å². The van der Waals surface area contributed by atoms with Crippen LogP contribution in [-0.4, -0.2) is 68.5 Å². The highest BCUT2D eigenvalue weighted by Gasteiger charge is 2.25. The molecule has 1 aromatic carbocycles. The number of likely N-dealkylation sites (N-methyl/N-ethyl adjacent to an activating group) is 1. The molecule has 1 N–H and O–H groups in total. The molecule has 0 aromatic heterocycles. The summed E-state index contributed by atoms with van der Waals surface area (Å²) in [5.74, 6) is 0.805. The van der Waals surface area contributed by atoms with E-state index in [0.717, 1.165) is 38.4 Å². The van der Waals surface area contributed by atoms with E-state index in [4.69, 9.17) is 4.74 Å². The third-order valence-corrected chi connectivity index (χ3v) is 4.58. The number of nitrogens with one attached hydrogen (secondary N) is 1. The van der Waals surface area contributed by atoms with Gasteiger partial charge in [0.25, 0.3) is 0 Å². The number of amides is 1. The predicted octanol–water partition coefficient (Wildman–Crippen LogP) is 2.82. The predicted molar refractivity (Wildman–Crippen MR) is 121 cm³/mol. The first-order valence-electron chi connectivity index (χ1n) is 9.43. The Morgan fingerprint density at radius 1 is 1.37 bits per heavy atom. The minimum Gasteiger partial charge on any atom is -0.370 e. The fourth-order valence-electron chi connectivity index (χ4n) is 2.91. The largest absolute Gasteiger partial charge is 0.370 e. The summed E-state index contributed by atoms with van der Waals surface area (Å²) in [6.07, 6.45) is 2.21. The molecule has 2 rings (SSSR count). The van der Waals surface area contributed by atoms with E-state index in [1.165, 1.54) is 11.1 Å². The number of halogens is 1. The molecular weight excluding hydrogens is 455 g/mol. The summed E-state index contributed by atoms with van der Waals surface area (Å²) in [5.41, 5.74) is 2.45. The first-order chi connectivity index (χ1) is 12.5. The molecular formula is C20H33IN4O2. The normalized spacial score (nSPS) is 17.3. The highest BCUT2D eigenvalue weighted by Crippen LogP contribution is 2.24. The van der Waals surface area contributed by atoms with Crippen LogP contribution in [-0.2, 0) is 9.53 Å².